The highest BCUT2D eigenvalue weighted by molar-refractivity contribution is 5.67. The van der Waals surface area contributed by atoms with Gasteiger partial charge in [-0.3, -0.25) is 19.3 Å². The number of aromatic nitrogens is 2. The molecule has 0 aliphatic heterocycles. The van der Waals surface area contributed by atoms with Gasteiger partial charge >= 0.3 is 5.97 Å². The van der Waals surface area contributed by atoms with Crippen molar-refractivity contribution in [3.05, 3.63) is 58.9 Å². The zero-order valence-corrected chi connectivity index (χ0v) is 12.5. The second kappa shape index (κ2) is 6.37. The molecule has 1 N–H and O–H groups in total. The van der Waals surface area contributed by atoms with Crippen molar-refractivity contribution in [1.82, 2.24) is 9.38 Å². The van der Waals surface area contributed by atoms with E-state index in [2.05, 4.69) is 4.98 Å². The molecule has 0 unspecified atom stereocenters. The van der Waals surface area contributed by atoms with Crippen molar-refractivity contribution in [3.8, 4) is 17.0 Å². The molecule has 0 bridgehead atoms. The first kappa shape index (κ1) is 15.5. The van der Waals surface area contributed by atoms with Gasteiger partial charge in [-0.1, -0.05) is 0 Å². The van der Waals surface area contributed by atoms with Gasteiger partial charge in [0.05, 0.1) is 29.8 Å². The van der Waals surface area contributed by atoms with E-state index in [0.29, 0.717) is 17.1 Å². The number of pyridine rings is 1. The molecular formula is C16H13N3O5. The minimum atomic E-state index is -0.912. The molecule has 24 heavy (non-hydrogen) atoms. The van der Waals surface area contributed by atoms with Crippen LogP contribution in [0.3, 0.4) is 0 Å². The third-order valence-electron chi connectivity index (χ3n) is 3.38. The van der Waals surface area contributed by atoms with E-state index in [4.69, 9.17) is 9.84 Å². The number of hydrogen-bond donors (Lipinski definition) is 1. The van der Waals surface area contributed by atoms with Crippen LogP contribution in [0.25, 0.3) is 16.9 Å². The molecule has 3 rings (SSSR count). The Morgan fingerprint density at radius 1 is 1.21 bits per heavy atom. The van der Waals surface area contributed by atoms with E-state index in [0.717, 1.165) is 5.56 Å². The maximum Gasteiger partial charge on any atom is 0.306 e. The average molecular weight is 327 g/mol. The van der Waals surface area contributed by atoms with E-state index in [-0.39, 0.29) is 18.7 Å². The largest absolute Gasteiger partial charge is 0.493 e. The standard InChI is InChI=1S/C16H13N3O5/c20-16(21)7-8-24-13-4-1-11(2-5-13)14-10-18-9-12(19(22)23)3-6-15(18)17-14/h1-6,9-10H,7-8H2,(H,20,21). The lowest BCUT2D eigenvalue weighted by molar-refractivity contribution is -0.385. The number of aliphatic carboxylic acids is 1. The predicted molar refractivity (Wildman–Crippen MR) is 85.0 cm³/mol. The predicted octanol–water partition coefficient (Wildman–Crippen LogP) is 2.76. The molecule has 2 heterocycles. The molecule has 3 aromatic rings. The zero-order chi connectivity index (χ0) is 17.1. The summed E-state index contributed by atoms with van der Waals surface area (Å²) in [7, 11) is 0. The third kappa shape index (κ3) is 3.32. The molecule has 0 saturated heterocycles. The number of carboxylic acid groups (broad SMARTS) is 1. The highest BCUT2D eigenvalue weighted by Crippen LogP contribution is 2.23. The first-order valence-corrected chi connectivity index (χ1v) is 7.11. The van der Waals surface area contributed by atoms with Gasteiger partial charge in [0.1, 0.15) is 11.4 Å². The van der Waals surface area contributed by atoms with E-state index in [9.17, 15) is 14.9 Å². The topological polar surface area (TPSA) is 107 Å². The van der Waals surface area contributed by atoms with Gasteiger partial charge in [-0.2, -0.15) is 0 Å². The second-order valence-electron chi connectivity index (χ2n) is 5.05. The number of ether oxygens (including phenoxy) is 1. The number of benzene rings is 1. The van der Waals surface area contributed by atoms with E-state index in [1.54, 1.807) is 40.9 Å². The molecule has 0 aliphatic rings. The van der Waals surface area contributed by atoms with Crippen LogP contribution in [-0.2, 0) is 4.79 Å². The van der Waals surface area contributed by atoms with E-state index in [1.807, 2.05) is 0 Å². The molecule has 1 aromatic carbocycles. The lowest BCUT2D eigenvalue weighted by atomic mass is 10.2. The van der Waals surface area contributed by atoms with Gasteiger partial charge in [-0.25, -0.2) is 4.98 Å². The smallest absolute Gasteiger partial charge is 0.306 e. The molecule has 0 aliphatic carbocycles. The van der Waals surface area contributed by atoms with Crippen LogP contribution in [0, 0.1) is 10.1 Å². The Morgan fingerprint density at radius 2 is 1.96 bits per heavy atom. The van der Waals surface area contributed by atoms with Gasteiger partial charge in [0.15, 0.2) is 0 Å². The molecule has 8 heteroatoms. The number of nitrogens with zero attached hydrogens (tertiary/aromatic N) is 3. The molecule has 0 saturated carbocycles. The van der Waals surface area contributed by atoms with Crippen LogP contribution in [0.1, 0.15) is 6.42 Å². The fraction of sp³-hybridized carbons (Fsp3) is 0.125. The summed E-state index contributed by atoms with van der Waals surface area (Å²) in [5.41, 5.74) is 2.10. The Hall–Kier alpha value is -3.42. The summed E-state index contributed by atoms with van der Waals surface area (Å²) in [6.07, 6.45) is 3.06. The first-order valence-electron chi connectivity index (χ1n) is 7.11. The van der Waals surface area contributed by atoms with Crippen LogP contribution < -0.4 is 4.74 Å². The van der Waals surface area contributed by atoms with Crippen molar-refractivity contribution in [2.75, 3.05) is 6.61 Å². The average Bonchev–Trinajstić information content (AvgIpc) is 2.98. The van der Waals surface area contributed by atoms with Crippen molar-refractivity contribution >= 4 is 17.3 Å². The summed E-state index contributed by atoms with van der Waals surface area (Å²) in [5.74, 6) is -0.343. The van der Waals surface area contributed by atoms with Crippen molar-refractivity contribution in [2.24, 2.45) is 0 Å². The van der Waals surface area contributed by atoms with Gasteiger partial charge in [-0.15, -0.1) is 0 Å². The van der Waals surface area contributed by atoms with E-state index >= 15 is 0 Å². The summed E-state index contributed by atoms with van der Waals surface area (Å²) < 4.78 is 6.93. The van der Waals surface area contributed by atoms with E-state index in [1.165, 1.54) is 12.3 Å². The lowest BCUT2D eigenvalue weighted by Crippen LogP contribution is -2.04. The summed E-state index contributed by atoms with van der Waals surface area (Å²) in [5, 5.41) is 19.4. The molecule has 8 nitrogen and oxygen atoms in total. The number of carboxylic acids is 1. The SMILES string of the molecule is O=C(O)CCOc1ccc(-c2cn3cc([N+](=O)[O-])ccc3n2)cc1. The monoisotopic (exact) mass is 327 g/mol. The summed E-state index contributed by atoms with van der Waals surface area (Å²) >= 11 is 0. The Balaban J connectivity index is 1.79. The van der Waals surface area contributed by atoms with Crippen LogP contribution >= 0.6 is 0 Å². The second-order valence-corrected chi connectivity index (χ2v) is 5.05. The number of fused-ring (bicyclic) bond motifs is 1. The lowest BCUT2D eigenvalue weighted by Gasteiger charge is -2.04. The molecule has 0 amide bonds. The molecule has 122 valence electrons. The molecular weight excluding hydrogens is 314 g/mol. The van der Waals surface area contributed by atoms with Crippen molar-refractivity contribution in [1.29, 1.82) is 0 Å². The fourth-order valence-corrected chi connectivity index (χ4v) is 2.21. The first-order chi connectivity index (χ1) is 11.5. The normalized spacial score (nSPS) is 10.7. The van der Waals surface area contributed by atoms with Gasteiger partial charge in [0.25, 0.3) is 5.69 Å². The number of imidazole rings is 1. The Kier molecular flexibility index (Phi) is 4.11. The molecule has 0 fully saturated rings. The Labute approximate surface area is 136 Å². The van der Waals surface area contributed by atoms with Crippen LogP contribution in [0.4, 0.5) is 5.69 Å². The van der Waals surface area contributed by atoms with Crippen LogP contribution in [0.5, 0.6) is 5.75 Å². The van der Waals surface area contributed by atoms with Crippen LogP contribution in [-0.4, -0.2) is 32.0 Å². The van der Waals surface area contributed by atoms with Crippen LogP contribution in [0.15, 0.2) is 48.8 Å². The number of carbonyl (C=O) groups is 1. The molecule has 2 aromatic heterocycles. The van der Waals surface area contributed by atoms with Crippen molar-refractivity contribution < 1.29 is 19.6 Å². The maximum absolute atomic E-state index is 10.8. The zero-order valence-electron chi connectivity index (χ0n) is 12.5. The van der Waals surface area contributed by atoms with Gasteiger partial charge < -0.3 is 9.84 Å². The van der Waals surface area contributed by atoms with Gasteiger partial charge in [0, 0.05) is 17.8 Å². The third-order valence-corrected chi connectivity index (χ3v) is 3.38. The summed E-state index contributed by atoms with van der Waals surface area (Å²) in [4.78, 5) is 25.2. The maximum atomic E-state index is 10.8. The van der Waals surface area contributed by atoms with Gasteiger partial charge in [0.2, 0.25) is 0 Å². The quantitative estimate of drug-likeness (QED) is 0.551. The van der Waals surface area contributed by atoms with E-state index < -0.39 is 10.9 Å². The van der Waals surface area contributed by atoms with Crippen LogP contribution in [0.2, 0.25) is 0 Å². The number of hydrogen-bond acceptors (Lipinski definition) is 5. The minimum Gasteiger partial charge on any atom is -0.493 e. The highest BCUT2D eigenvalue weighted by Gasteiger charge is 2.09. The fourth-order valence-electron chi connectivity index (χ4n) is 2.21. The Morgan fingerprint density at radius 3 is 2.62 bits per heavy atom. The summed E-state index contributed by atoms with van der Waals surface area (Å²) in [6, 6.07) is 10.0. The molecule has 0 radical (unpaired) electrons. The number of rotatable bonds is 6. The summed E-state index contributed by atoms with van der Waals surface area (Å²) in [6.45, 7) is 0.104. The highest BCUT2D eigenvalue weighted by atomic mass is 16.6. The minimum absolute atomic E-state index is 0.00590. The van der Waals surface area contributed by atoms with Crippen molar-refractivity contribution in [3.63, 3.8) is 0 Å². The molecule has 0 atom stereocenters. The number of nitro groups is 1. The van der Waals surface area contributed by atoms with Crippen molar-refractivity contribution in [2.45, 2.75) is 6.42 Å². The Bertz CT molecular complexity index is 902. The molecule has 0 spiro atoms. The van der Waals surface area contributed by atoms with Gasteiger partial charge in [-0.05, 0) is 30.3 Å².